The molecule has 0 aromatic heterocycles. The molecule has 0 radical (unpaired) electrons. The first-order valence-corrected chi connectivity index (χ1v) is 17.9. The van der Waals surface area contributed by atoms with Gasteiger partial charge in [-0.3, -0.25) is 0 Å². The highest BCUT2D eigenvalue weighted by Crippen LogP contribution is 2.11. The van der Waals surface area contributed by atoms with Gasteiger partial charge in [0, 0.05) is 24.9 Å². The van der Waals surface area contributed by atoms with Crippen LogP contribution < -0.4 is 0 Å². The summed E-state index contributed by atoms with van der Waals surface area (Å²) in [5.74, 6) is -1.32. The standard InChI is InChI=1S/C25H52O6Si2.C3H4O2/c1-8-10-15-28-24(29-16-11-9-2)32-19-13-17-27-23(26)22(7)14-12-18-33-25(30-20(3)4)31-21(5)6;1-2-3(4)5/h20-21,24-25H,7-19,32-33H2,1-6H3;2H,1H2,(H,4,5). The zero-order valence-corrected chi connectivity index (χ0v) is 27.8. The highest BCUT2D eigenvalue weighted by Gasteiger charge is 2.15. The van der Waals surface area contributed by atoms with Crippen molar-refractivity contribution < 1.29 is 38.4 Å². The molecule has 0 spiro atoms. The number of aliphatic carboxylic acids is 1. The van der Waals surface area contributed by atoms with E-state index in [9.17, 15) is 9.59 Å². The van der Waals surface area contributed by atoms with E-state index in [2.05, 4.69) is 27.0 Å². The lowest BCUT2D eigenvalue weighted by molar-refractivity contribution is -0.139. The van der Waals surface area contributed by atoms with E-state index < -0.39 is 25.0 Å². The average Bonchev–Trinajstić information content (AvgIpc) is 2.85. The van der Waals surface area contributed by atoms with Gasteiger partial charge in [0.1, 0.15) is 11.8 Å². The van der Waals surface area contributed by atoms with E-state index in [-0.39, 0.29) is 30.0 Å². The summed E-state index contributed by atoms with van der Waals surface area (Å²) in [6.45, 7) is 21.3. The van der Waals surface area contributed by atoms with Gasteiger partial charge in [0.15, 0.2) is 0 Å². The first-order chi connectivity index (χ1) is 18.1. The molecule has 0 saturated carbocycles. The molecule has 0 saturated heterocycles. The van der Waals surface area contributed by atoms with Gasteiger partial charge in [-0.25, -0.2) is 9.59 Å². The molecule has 38 heavy (non-hydrogen) atoms. The molecule has 0 aromatic carbocycles. The summed E-state index contributed by atoms with van der Waals surface area (Å²) in [5.41, 5.74) is 0.566. The molecular formula is C28H56O8Si2. The minimum Gasteiger partial charge on any atom is -0.478 e. The van der Waals surface area contributed by atoms with Crippen LogP contribution in [0.3, 0.4) is 0 Å². The summed E-state index contributed by atoms with van der Waals surface area (Å²) in [6.07, 6.45) is 8.02. The number of carboxylic acids is 1. The van der Waals surface area contributed by atoms with Crippen molar-refractivity contribution in [1.82, 2.24) is 0 Å². The van der Waals surface area contributed by atoms with Gasteiger partial charge in [-0.2, -0.15) is 0 Å². The number of carboxylic acid groups (broad SMARTS) is 1. The van der Waals surface area contributed by atoms with Crippen molar-refractivity contribution >= 4 is 31.0 Å². The number of rotatable bonds is 24. The van der Waals surface area contributed by atoms with Crippen LogP contribution in [0.2, 0.25) is 12.1 Å². The van der Waals surface area contributed by atoms with Crippen molar-refractivity contribution in [2.75, 3.05) is 19.8 Å². The van der Waals surface area contributed by atoms with Crippen LogP contribution in [0.25, 0.3) is 0 Å². The summed E-state index contributed by atoms with van der Waals surface area (Å²) in [4.78, 5) is 21.5. The second-order valence-electron chi connectivity index (χ2n) is 9.70. The number of ether oxygens (including phenoxy) is 5. The Morgan fingerprint density at radius 2 is 1.29 bits per heavy atom. The van der Waals surface area contributed by atoms with Gasteiger partial charge in [-0.1, -0.05) is 58.4 Å². The molecule has 10 heteroatoms. The van der Waals surface area contributed by atoms with Crippen molar-refractivity contribution in [2.24, 2.45) is 0 Å². The molecule has 0 unspecified atom stereocenters. The molecular weight excluding hydrogens is 520 g/mol. The molecule has 0 aliphatic carbocycles. The highest BCUT2D eigenvalue weighted by molar-refractivity contribution is 6.36. The molecule has 224 valence electrons. The summed E-state index contributed by atoms with van der Waals surface area (Å²) in [6, 6.07) is 2.10. The zero-order valence-electron chi connectivity index (χ0n) is 25.0. The van der Waals surface area contributed by atoms with Crippen molar-refractivity contribution in [3.63, 3.8) is 0 Å². The fourth-order valence-electron chi connectivity index (χ4n) is 3.14. The molecule has 0 bridgehead atoms. The molecule has 0 atom stereocenters. The maximum Gasteiger partial charge on any atom is 0.333 e. The van der Waals surface area contributed by atoms with E-state index in [1.165, 1.54) is 0 Å². The van der Waals surface area contributed by atoms with Gasteiger partial charge >= 0.3 is 11.9 Å². The quantitative estimate of drug-likeness (QED) is 0.0578. The third-order valence-corrected chi connectivity index (χ3v) is 8.77. The van der Waals surface area contributed by atoms with Crippen LogP contribution in [0.1, 0.15) is 86.5 Å². The Balaban J connectivity index is 0. The summed E-state index contributed by atoms with van der Waals surface area (Å²) in [7, 11) is -1.04. The Labute approximate surface area is 236 Å². The number of carbonyl (C=O) groups is 2. The molecule has 0 aromatic rings. The Kier molecular flexibility index (Phi) is 27.9. The Morgan fingerprint density at radius 3 is 1.74 bits per heavy atom. The van der Waals surface area contributed by atoms with E-state index in [4.69, 9.17) is 28.8 Å². The van der Waals surface area contributed by atoms with E-state index >= 15 is 0 Å². The molecule has 0 fully saturated rings. The maximum absolute atomic E-state index is 12.2. The molecule has 0 aliphatic rings. The summed E-state index contributed by atoms with van der Waals surface area (Å²) < 4.78 is 29.0. The first kappa shape index (κ1) is 38.8. The SMILES string of the molecule is C=C(CCC[SiH2]C(OC(C)C)OC(C)C)C(=O)OCCC[SiH2]C(OCCCC)OCCCC.C=CC(=O)O. The molecule has 0 rings (SSSR count). The molecule has 0 heterocycles. The second kappa shape index (κ2) is 27.3. The zero-order chi connectivity index (χ0) is 29.2. The third-order valence-electron chi connectivity index (χ3n) is 5.15. The molecule has 0 amide bonds. The van der Waals surface area contributed by atoms with E-state index in [0.29, 0.717) is 18.6 Å². The number of carbonyl (C=O) groups excluding carboxylic acids is 1. The summed E-state index contributed by atoms with van der Waals surface area (Å²) >= 11 is 0. The van der Waals surface area contributed by atoms with Gasteiger partial charge < -0.3 is 28.8 Å². The minimum atomic E-state index is -0.981. The van der Waals surface area contributed by atoms with Gasteiger partial charge in [-0.05, 0) is 53.4 Å². The van der Waals surface area contributed by atoms with E-state index in [1.807, 2.05) is 27.7 Å². The van der Waals surface area contributed by atoms with Crippen LogP contribution in [0, 0.1) is 0 Å². The normalized spacial score (nSPS) is 11.7. The lowest BCUT2D eigenvalue weighted by atomic mass is 10.2. The lowest BCUT2D eigenvalue weighted by Gasteiger charge is -2.22. The predicted octanol–water partition coefficient (Wildman–Crippen LogP) is 4.74. The van der Waals surface area contributed by atoms with Crippen LogP contribution in [-0.2, 0) is 33.3 Å². The Hall–Kier alpha value is -1.31. The van der Waals surface area contributed by atoms with Gasteiger partial charge in [0.2, 0.25) is 0 Å². The lowest BCUT2D eigenvalue weighted by Crippen LogP contribution is -2.30. The van der Waals surface area contributed by atoms with E-state index in [1.54, 1.807) is 0 Å². The largest absolute Gasteiger partial charge is 0.478 e. The smallest absolute Gasteiger partial charge is 0.333 e. The molecule has 8 nitrogen and oxygen atoms in total. The van der Waals surface area contributed by atoms with Crippen LogP contribution >= 0.6 is 0 Å². The van der Waals surface area contributed by atoms with Gasteiger partial charge in [-0.15, -0.1) is 0 Å². The Bertz CT molecular complexity index is 594. The fourth-order valence-corrected chi connectivity index (χ4v) is 6.55. The molecule has 1 N–H and O–H groups in total. The van der Waals surface area contributed by atoms with Crippen molar-refractivity contribution in [3.05, 3.63) is 24.8 Å². The molecule has 0 aliphatic heterocycles. The Morgan fingerprint density at radius 1 is 0.816 bits per heavy atom. The first-order valence-electron chi connectivity index (χ1n) is 14.3. The summed E-state index contributed by atoms with van der Waals surface area (Å²) in [5, 5.41) is 7.60. The third kappa shape index (κ3) is 27.7. The number of hydrogen-bond donors (Lipinski definition) is 1. The fraction of sp³-hybridized carbons (Fsp3) is 0.786. The maximum atomic E-state index is 12.2. The number of esters is 1. The van der Waals surface area contributed by atoms with Gasteiger partial charge in [0.05, 0.1) is 37.9 Å². The van der Waals surface area contributed by atoms with Crippen LogP contribution in [0.5, 0.6) is 0 Å². The highest BCUT2D eigenvalue weighted by atomic mass is 28.2. The van der Waals surface area contributed by atoms with Crippen molar-refractivity contribution in [1.29, 1.82) is 0 Å². The van der Waals surface area contributed by atoms with Crippen molar-refractivity contribution in [2.45, 2.75) is 123 Å². The monoisotopic (exact) mass is 576 g/mol. The van der Waals surface area contributed by atoms with E-state index in [0.717, 1.165) is 69.9 Å². The predicted molar refractivity (Wildman–Crippen MR) is 160 cm³/mol. The average molecular weight is 577 g/mol. The van der Waals surface area contributed by atoms with Crippen molar-refractivity contribution in [3.8, 4) is 0 Å². The minimum absolute atomic E-state index is 0.0129. The second-order valence-corrected chi connectivity index (χ2v) is 13.6. The van der Waals surface area contributed by atoms with Crippen LogP contribution in [0.4, 0.5) is 0 Å². The van der Waals surface area contributed by atoms with Crippen LogP contribution in [-0.4, -0.2) is 79.9 Å². The number of hydrogen-bond acceptors (Lipinski definition) is 7. The van der Waals surface area contributed by atoms with Crippen LogP contribution in [0.15, 0.2) is 24.8 Å². The number of unbranched alkanes of at least 4 members (excludes halogenated alkanes) is 2. The topological polar surface area (TPSA) is 101 Å². The van der Waals surface area contributed by atoms with Gasteiger partial charge in [0.25, 0.3) is 0 Å².